The lowest BCUT2D eigenvalue weighted by atomic mass is 10.00. The van der Waals surface area contributed by atoms with Gasteiger partial charge in [0.1, 0.15) is 0 Å². The average molecular weight is 364 g/mol. The van der Waals surface area contributed by atoms with Crippen molar-refractivity contribution in [3.8, 4) is 0 Å². The van der Waals surface area contributed by atoms with Crippen LogP contribution < -0.4 is 10.9 Å². The number of carbonyl (C=O) groups is 1. The molecule has 1 amide bonds. The molecular formula is C23H29N3O. The van der Waals surface area contributed by atoms with Crippen molar-refractivity contribution in [2.75, 3.05) is 13.6 Å². The van der Waals surface area contributed by atoms with E-state index in [1.807, 2.05) is 55.3 Å². The van der Waals surface area contributed by atoms with Crippen LogP contribution >= 0.6 is 0 Å². The summed E-state index contributed by atoms with van der Waals surface area (Å²) < 4.78 is 0. The molecule has 1 aliphatic rings. The first kappa shape index (κ1) is 19.3. The zero-order valence-electron chi connectivity index (χ0n) is 16.2. The van der Waals surface area contributed by atoms with Crippen LogP contribution in [0.1, 0.15) is 43.4 Å². The van der Waals surface area contributed by atoms with Crippen LogP contribution in [0.5, 0.6) is 0 Å². The summed E-state index contributed by atoms with van der Waals surface area (Å²) in [4.78, 5) is 14.2. The van der Waals surface area contributed by atoms with Crippen LogP contribution in [0.4, 0.5) is 0 Å². The summed E-state index contributed by atoms with van der Waals surface area (Å²) in [5, 5.41) is 0. The third-order valence-electron chi connectivity index (χ3n) is 5.18. The van der Waals surface area contributed by atoms with Crippen molar-refractivity contribution in [2.45, 2.75) is 38.3 Å². The maximum atomic E-state index is 12.4. The van der Waals surface area contributed by atoms with Crippen LogP contribution in [0.2, 0.25) is 0 Å². The number of amides is 1. The van der Waals surface area contributed by atoms with Gasteiger partial charge in [0.25, 0.3) is 0 Å². The number of rotatable bonds is 7. The Morgan fingerprint density at radius 3 is 2.44 bits per heavy atom. The van der Waals surface area contributed by atoms with Gasteiger partial charge in [0.05, 0.1) is 0 Å². The van der Waals surface area contributed by atoms with Crippen molar-refractivity contribution in [2.24, 2.45) is 0 Å². The largest absolute Gasteiger partial charge is 0.342 e. The van der Waals surface area contributed by atoms with Gasteiger partial charge in [0, 0.05) is 31.8 Å². The molecule has 3 rings (SSSR count). The quantitative estimate of drug-likeness (QED) is 0.733. The average Bonchev–Trinajstić information content (AvgIpc) is 3.18. The Hall–Kier alpha value is -2.43. The first-order valence-corrected chi connectivity index (χ1v) is 9.68. The molecule has 0 bridgehead atoms. The van der Waals surface area contributed by atoms with Gasteiger partial charge in [-0.05, 0) is 42.9 Å². The third kappa shape index (κ3) is 5.52. The molecule has 2 aromatic carbocycles. The van der Waals surface area contributed by atoms with E-state index in [0.717, 1.165) is 36.9 Å². The third-order valence-corrected chi connectivity index (χ3v) is 5.18. The molecule has 1 saturated heterocycles. The normalized spacial score (nSPS) is 19.9. The van der Waals surface area contributed by atoms with Crippen LogP contribution in [0.3, 0.4) is 0 Å². The van der Waals surface area contributed by atoms with Crippen LogP contribution in [0, 0.1) is 0 Å². The molecule has 0 aliphatic carbocycles. The Labute approximate surface area is 162 Å². The second kappa shape index (κ2) is 9.49. The van der Waals surface area contributed by atoms with Crippen molar-refractivity contribution in [1.82, 2.24) is 15.8 Å². The number of likely N-dealkylation sites (N-methyl/N-ethyl adjacent to an activating group) is 1. The lowest BCUT2D eigenvalue weighted by molar-refractivity contribution is -0.124. The number of hydrazine groups is 1. The summed E-state index contributed by atoms with van der Waals surface area (Å²) in [6.07, 6.45) is 4.85. The Bertz CT molecular complexity index is 758. The minimum Gasteiger partial charge on any atom is -0.342 e. The molecule has 4 heteroatoms. The zero-order chi connectivity index (χ0) is 19.1. The van der Waals surface area contributed by atoms with Gasteiger partial charge in [-0.3, -0.25) is 15.6 Å². The van der Waals surface area contributed by atoms with E-state index in [-0.39, 0.29) is 5.91 Å². The molecular weight excluding hydrogens is 334 g/mol. The van der Waals surface area contributed by atoms with Gasteiger partial charge < -0.3 is 4.90 Å². The van der Waals surface area contributed by atoms with Gasteiger partial charge >= 0.3 is 0 Å². The van der Waals surface area contributed by atoms with Crippen LogP contribution in [-0.2, 0) is 4.79 Å². The summed E-state index contributed by atoms with van der Waals surface area (Å²) in [7, 11) is 1.88. The van der Waals surface area contributed by atoms with Crippen molar-refractivity contribution in [1.29, 1.82) is 0 Å². The van der Waals surface area contributed by atoms with Gasteiger partial charge in [-0.15, -0.1) is 0 Å². The van der Waals surface area contributed by atoms with Crippen molar-refractivity contribution in [3.05, 3.63) is 77.9 Å². The highest BCUT2D eigenvalue weighted by atomic mass is 16.2. The van der Waals surface area contributed by atoms with Crippen molar-refractivity contribution >= 4 is 11.5 Å². The second-order valence-electron chi connectivity index (χ2n) is 7.28. The molecule has 1 aliphatic heterocycles. The molecule has 1 heterocycles. The number of nitrogens with zero attached hydrogens (tertiary/aromatic N) is 1. The van der Waals surface area contributed by atoms with Gasteiger partial charge in [-0.2, -0.15) is 0 Å². The Balaban J connectivity index is 1.42. The number of carbonyl (C=O) groups excluding carboxylic acids is 1. The summed E-state index contributed by atoms with van der Waals surface area (Å²) >= 11 is 0. The smallest absolute Gasteiger partial charge is 0.246 e. The van der Waals surface area contributed by atoms with Crippen LogP contribution in [0.15, 0.2) is 66.7 Å². The lowest BCUT2D eigenvalue weighted by Gasteiger charge is -2.17. The predicted octanol–water partition coefficient (Wildman–Crippen LogP) is 3.94. The molecule has 1 fully saturated rings. The molecule has 27 heavy (non-hydrogen) atoms. The fourth-order valence-corrected chi connectivity index (χ4v) is 3.48. The number of benzene rings is 2. The summed E-state index contributed by atoms with van der Waals surface area (Å²) in [6, 6.07) is 21.4. The van der Waals surface area contributed by atoms with Crippen molar-refractivity contribution in [3.63, 3.8) is 0 Å². The van der Waals surface area contributed by atoms with E-state index in [9.17, 15) is 4.79 Å². The molecule has 2 N–H and O–H groups in total. The van der Waals surface area contributed by atoms with E-state index in [0.29, 0.717) is 12.1 Å². The number of nitrogens with one attached hydrogen (secondary N) is 2. The maximum absolute atomic E-state index is 12.4. The Morgan fingerprint density at radius 2 is 1.74 bits per heavy atom. The predicted molar refractivity (Wildman–Crippen MR) is 111 cm³/mol. The first-order valence-electron chi connectivity index (χ1n) is 9.68. The standard InChI is InChI=1S/C23H29N3O/c1-18(19-10-5-3-6-11-19)16-23(27)26(2)15-9-14-21-17-22(25-24-21)20-12-7-4-8-13-20/h3-8,10-13,16,21-22,24-25H,9,14-15,17H2,1-2H3/b18-16+. The van der Waals surface area contributed by atoms with Gasteiger partial charge in [0.15, 0.2) is 0 Å². The van der Waals surface area contributed by atoms with Crippen molar-refractivity contribution < 1.29 is 4.79 Å². The molecule has 0 spiro atoms. The number of hydrogen-bond acceptors (Lipinski definition) is 3. The van der Waals surface area contributed by atoms with E-state index in [2.05, 4.69) is 35.1 Å². The van der Waals surface area contributed by atoms with Crippen LogP contribution in [0.25, 0.3) is 5.57 Å². The molecule has 2 aromatic rings. The summed E-state index contributed by atoms with van der Waals surface area (Å²) in [6.45, 7) is 2.75. The molecule has 0 saturated carbocycles. The molecule has 2 unspecified atom stereocenters. The van der Waals surface area contributed by atoms with E-state index in [1.165, 1.54) is 5.56 Å². The minimum absolute atomic E-state index is 0.0658. The molecule has 4 nitrogen and oxygen atoms in total. The fourth-order valence-electron chi connectivity index (χ4n) is 3.48. The SMILES string of the molecule is C/C(=C\C(=O)N(C)CCCC1CC(c2ccccc2)NN1)c1ccccc1. The minimum atomic E-state index is 0.0658. The monoisotopic (exact) mass is 363 g/mol. The Kier molecular flexibility index (Phi) is 6.80. The van der Waals surface area contributed by atoms with E-state index >= 15 is 0 Å². The fraction of sp³-hybridized carbons (Fsp3) is 0.348. The lowest BCUT2D eigenvalue weighted by Crippen LogP contribution is -2.32. The van der Waals surface area contributed by atoms with Gasteiger partial charge in [-0.1, -0.05) is 60.7 Å². The second-order valence-corrected chi connectivity index (χ2v) is 7.28. The molecule has 0 aromatic heterocycles. The molecule has 0 radical (unpaired) electrons. The van der Waals surface area contributed by atoms with E-state index in [1.54, 1.807) is 6.08 Å². The Morgan fingerprint density at radius 1 is 1.07 bits per heavy atom. The van der Waals surface area contributed by atoms with E-state index in [4.69, 9.17) is 0 Å². The highest BCUT2D eigenvalue weighted by molar-refractivity contribution is 5.94. The zero-order valence-corrected chi connectivity index (χ0v) is 16.2. The molecule has 2 atom stereocenters. The summed E-state index contributed by atoms with van der Waals surface area (Å²) in [5.41, 5.74) is 10.2. The first-order chi connectivity index (χ1) is 13.1. The van der Waals surface area contributed by atoms with Crippen LogP contribution in [-0.4, -0.2) is 30.4 Å². The summed E-state index contributed by atoms with van der Waals surface area (Å²) in [5.74, 6) is 0.0658. The molecule has 142 valence electrons. The van der Waals surface area contributed by atoms with E-state index < -0.39 is 0 Å². The van der Waals surface area contributed by atoms with Gasteiger partial charge in [0.2, 0.25) is 5.91 Å². The number of hydrogen-bond donors (Lipinski definition) is 2. The topological polar surface area (TPSA) is 44.4 Å². The van der Waals surface area contributed by atoms with Gasteiger partial charge in [-0.25, -0.2) is 0 Å². The highest BCUT2D eigenvalue weighted by Gasteiger charge is 2.24. The maximum Gasteiger partial charge on any atom is 0.246 e. The highest BCUT2D eigenvalue weighted by Crippen LogP contribution is 2.23. The number of allylic oxidation sites excluding steroid dienone is 1.